The molecule has 1 aliphatic heterocycles. The predicted octanol–water partition coefficient (Wildman–Crippen LogP) is 4.47. The molecule has 2 heterocycles. The Bertz CT molecular complexity index is 821. The minimum absolute atomic E-state index is 0.244. The first-order chi connectivity index (χ1) is 10.4. The van der Waals surface area contributed by atoms with Gasteiger partial charge >= 0.3 is 0 Å². The first-order valence-corrected chi connectivity index (χ1v) is 7.15. The summed E-state index contributed by atoms with van der Waals surface area (Å²) >= 11 is 0. The Balaban J connectivity index is 2.32. The molecule has 1 aliphatic rings. The number of hydrogen-bond acceptors (Lipinski definition) is 3. The number of aromatic nitrogens is 1. The lowest BCUT2D eigenvalue weighted by atomic mass is 9.98. The quantitative estimate of drug-likeness (QED) is 0.776. The fourth-order valence-electron chi connectivity index (χ4n) is 2.69. The van der Waals surface area contributed by atoms with Gasteiger partial charge in [-0.15, -0.1) is 0 Å². The summed E-state index contributed by atoms with van der Waals surface area (Å²) in [6.07, 6.45) is 0. The molecule has 0 radical (unpaired) electrons. The van der Waals surface area contributed by atoms with Crippen LogP contribution in [0.3, 0.4) is 0 Å². The Kier molecular flexibility index (Phi) is 3.32. The van der Waals surface area contributed by atoms with Crippen molar-refractivity contribution in [3.8, 4) is 11.3 Å². The van der Waals surface area contributed by atoms with Crippen molar-refractivity contribution in [2.24, 2.45) is 4.99 Å². The number of aryl methyl sites for hydroxylation is 2. The smallest absolute Gasteiger partial charge is 0.123 e. The van der Waals surface area contributed by atoms with E-state index in [2.05, 4.69) is 16.6 Å². The monoisotopic (exact) mass is 295 g/mol. The molecule has 0 bridgehead atoms. The number of amidine groups is 1. The van der Waals surface area contributed by atoms with Crippen LogP contribution in [0.25, 0.3) is 17.0 Å². The van der Waals surface area contributed by atoms with Crippen molar-refractivity contribution < 1.29 is 4.39 Å². The largest absolute Gasteiger partial charge is 0.333 e. The third-order valence-corrected chi connectivity index (χ3v) is 4.04. The van der Waals surface area contributed by atoms with Crippen molar-refractivity contribution in [3.05, 3.63) is 53.5 Å². The van der Waals surface area contributed by atoms with Gasteiger partial charge in [0.05, 0.1) is 5.69 Å². The van der Waals surface area contributed by atoms with E-state index < -0.39 is 0 Å². The predicted molar refractivity (Wildman–Crippen MR) is 88.7 cm³/mol. The van der Waals surface area contributed by atoms with Gasteiger partial charge in [-0.3, -0.25) is 4.98 Å². The molecular formula is C18H18FN3. The number of halogens is 1. The third kappa shape index (κ3) is 2.21. The molecule has 0 saturated heterocycles. The van der Waals surface area contributed by atoms with E-state index in [9.17, 15) is 4.39 Å². The molecule has 0 N–H and O–H groups in total. The zero-order valence-electron chi connectivity index (χ0n) is 13.2. The van der Waals surface area contributed by atoms with Crippen molar-refractivity contribution in [2.45, 2.75) is 20.8 Å². The number of aliphatic imine (C=N–C) groups is 1. The molecule has 1 aromatic heterocycles. The zero-order chi connectivity index (χ0) is 16.0. The van der Waals surface area contributed by atoms with E-state index >= 15 is 0 Å². The van der Waals surface area contributed by atoms with Crippen molar-refractivity contribution >= 4 is 17.2 Å². The average molecular weight is 295 g/mol. The van der Waals surface area contributed by atoms with Gasteiger partial charge in [0.25, 0.3) is 0 Å². The highest BCUT2D eigenvalue weighted by atomic mass is 19.1. The molecule has 0 aliphatic carbocycles. The van der Waals surface area contributed by atoms with E-state index in [0.717, 1.165) is 45.3 Å². The molecule has 0 fully saturated rings. The maximum Gasteiger partial charge on any atom is 0.123 e. The number of pyridine rings is 1. The van der Waals surface area contributed by atoms with Gasteiger partial charge in [0.2, 0.25) is 0 Å². The van der Waals surface area contributed by atoms with E-state index in [4.69, 9.17) is 0 Å². The van der Waals surface area contributed by atoms with Crippen LogP contribution in [0, 0.1) is 19.7 Å². The molecule has 1 aromatic carbocycles. The Hall–Kier alpha value is -2.49. The van der Waals surface area contributed by atoms with Crippen LogP contribution in [0.4, 0.5) is 10.1 Å². The van der Waals surface area contributed by atoms with Crippen molar-refractivity contribution in [3.63, 3.8) is 0 Å². The van der Waals surface area contributed by atoms with Crippen LogP contribution in [-0.2, 0) is 0 Å². The second-order valence-corrected chi connectivity index (χ2v) is 5.63. The van der Waals surface area contributed by atoms with Gasteiger partial charge in [-0.1, -0.05) is 6.58 Å². The van der Waals surface area contributed by atoms with Gasteiger partial charge in [0, 0.05) is 29.6 Å². The first kappa shape index (κ1) is 14.4. The van der Waals surface area contributed by atoms with Gasteiger partial charge < -0.3 is 4.90 Å². The summed E-state index contributed by atoms with van der Waals surface area (Å²) in [6.45, 7) is 9.93. The fourth-order valence-corrected chi connectivity index (χ4v) is 2.69. The van der Waals surface area contributed by atoms with Gasteiger partial charge in [-0.2, -0.15) is 0 Å². The lowest BCUT2D eigenvalue weighted by Crippen LogP contribution is -2.25. The Morgan fingerprint density at radius 3 is 2.50 bits per heavy atom. The maximum absolute atomic E-state index is 13.4. The molecule has 22 heavy (non-hydrogen) atoms. The lowest BCUT2D eigenvalue weighted by Gasteiger charge is -2.28. The van der Waals surface area contributed by atoms with E-state index in [1.165, 1.54) is 12.1 Å². The highest BCUT2D eigenvalue weighted by Gasteiger charge is 2.23. The standard InChI is InChI=1S/C18H18FN3/c1-10-8-14(19)6-7-15(10)17-18-16(9-11(2)20-17)12(3)22(5)13(4)21-18/h6-9H,3H2,1-2,4-5H3. The summed E-state index contributed by atoms with van der Waals surface area (Å²) in [5.74, 6) is 0.621. The van der Waals surface area contributed by atoms with Gasteiger partial charge in [-0.25, -0.2) is 9.38 Å². The topological polar surface area (TPSA) is 28.5 Å². The molecule has 4 heteroatoms. The summed E-state index contributed by atoms with van der Waals surface area (Å²) in [5, 5.41) is 0. The van der Waals surface area contributed by atoms with Crippen LogP contribution in [0.15, 0.2) is 35.8 Å². The molecule has 112 valence electrons. The van der Waals surface area contributed by atoms with Crippen molar-refractivity contribution in [2.75, 3.05) is 7.05 Å². The SMILES string of the molecule is C=C1c2cc(C)nc(-c3ccc(F)cc3C)c2N=C(C)N1C. The Labute approximate surface area is 129 Å². The summed E-state index contributed by atoms with van der Waals surface area (Å²) < 4.78 is 13.4. The highest BCUT2D eigenvalue weighted by Crippen LogP contribution is 2.40. The first-order valence-electron chi connectivity index (χ1n) is 7.15. The summed E-state index contributed by atoms with van der Waals surface area (Å²) in [7, 11) is 1.95. The van der Waals surface area contributed by atoms with Crippen LogP contribution in [0.2, 0.25) is 0 Å². The highest BCUT2D eigenvalue weighted by molar-refractivity contribution is 5.99. The van der Waals surface area contributed by atoms with E-state index in [1.54, 1.807) is 6.07 Å². The lowest BCUT2D eigenvalue weighted by molar-refractivity contribution is 0.627. The maximum atomic E-state index is 13.4. The minimum Gasteiger partial charge on any atom is -0.333 e. The summed E-state index contributed by atoms with van der Waals surface area (Å²) in [5.41, 5.74) is 6.09. The second-order valence-electron chi connectivity index (χ2n) is 5.63. The molecule has 0 spiro atoms. The minimum atomic E-state index is -0.244. The summed E-state index contributed by atoms with van der Waals surface area (Å²) in [4.78, 5) is 11.3. The molecule has 3 nitrogen and oxygen atoms in total. The fraction of sp³-hybridized carbons (Fsp3) is 0.222. The second kappa shape index (κ2) is 5.05. The molecule has 3 rings (SSSR count). The van der Waals surface area contributed by atoms with Crippen molar-refractivity contribution in [1.82, 2.24) is 9.88 Å². The Morgan fingerprint density at radius 1 is 1.09 bits per heavy atom. The molecule has 0 atom stereocenters. The molecule has 0 unspecified atom stereocenters. The van der Waals surface area contributed by atoms with Crippen LogP contribution in [-0.4, -0.2) is 22.8 Å². The average Bonchev–Trinajstić information content (AvgIpc) is 2.46. The molecule has 0 saturated carbocycles. The number of rotatable bonds is 1. The molecular weight excluding hydrogens is 277 g/mol. The number of nitrogens with zero attached hydrogens (tertiary/aromatic N) is 3. The molecule has 0 amide bonds. The van der Waals surface area contributed by atoms with E-state index in [1.807, 2.05) is 38.8 Å². The number of hydrogen-bond donors (Lipinski definition) is 0. The van der Waals surface area contributed by atoms with Crippen LogP contribution < -0.4 is 0 Å². The van der Waals surface area contributed by atoms with Crippen molar-refractivity contribution in [1.29, 1.82) is 0 Å². The summed E-state index contributed by atoms with van der Waals surface area (Å²) in [6, 6.07) is 6.73. The zero-order valence-corrected chi connectivity index (χ0v) is 13.2. The number of fused-ring (bicyclic) bond motifs is 1. The van der Waals surface area contributed by atoms with E-state index in [-0.39, 0.29) is 5.82 Å². The van der Waals surface area contributed by atoms with E-state index in [0.29, 0.717) is 0 Å². The third-order valence-electron chi connectivity index (χ3n) is 4.04. The van der Waals surface area contributed by atoms with Gasteiger partial charge in [0.15, 0.2) is 0 Å². The van der Waals surface area contributed by atoms with Gasteiger partial charge in [-0.05, 0) is 50.6 Å². The molecule has 2 aromatic rings. The normalized spacial score (nSPS) is 14.0. The number of benzene rings is 1. The van der Waals surface area contributed by atoms with Crippen LogP contribution in [0.5, 0.6) is 0 Å². The van der Waals surface area contributed by atoms with Gasteiger partial charge in [0.1, 0.15) is 17.3 Å². The van der Waals surface area contributed by atoms with Crippen LogP contribution in [0.1, 0.15) is 23.7 Å². The van der Waals surface area contributed by atoms with Crippen LogP contribution >= 0.6 is 0 Å². The Morgan fingerprint density at radius 2 is 1.82 bits per heavy atom.